The molecule has 11 rings (SSSR count). The highest BCUT2D eigenvalue weighted by Gasteiger charge is 2.25. The third kappa shape index (κ3) is 4.70. The standard InChI is InChI=1S/C51H32N2O2/c1-3-37(32-16-5-4-6-17-32)48(52-51-31(2)38-22-12-14-27-44(38)55-51)35-20-15-21-36(28-35)53-43-26-13-11-25-41(43)46-39-23-9-10-24-40(39)47-42-29-33-18-7-8-19-34(33)30-45(42)54-50(47)49(46)53/h3-11,13-21,23-30,37H,1H2,2H3/b52-48-/t37-/m0/s1. The second-order valence-electron chi connectivity index (χ2n) is 14.2. The summed E-state index contributed by atoms with van der Waals surface area (Å²) in [5, 5.41) is 10.2. The van der Waals surface area contributed by atoms with Gasteiger partial charge in [0.05, 0.1) is 22.1 Å². The van der Waals surface area contributed by atoms with Crippen molar-refractivity contribution in [2.45, 2.75) is 12.8 Å². The van der Waals surface area contributed by atoms with Crippen molar-refractivity contribution in [2.24, 2.45) is 4.99 Å². The lowest BCUT2D eigenvalue weighted by atomic mass is 9.89. The molecule has 0 saturated carbocycles. The monoisotopic (exact) mass is 704 g/mol. The van der Waals surface area contributed by atoms with Gasteiger partial charge in [0.15, 0.2) is 5.58 Å². The Kier molecular flexibility index (Phi) is 6.86. The molecule has 0 bridgehead atoms. The van der Waals surface area contributed by atoms with Crippen LogP contribution in [0.5, 0.6) is 0 Å². The Bertz CT molecular complexity index is 3360. The molecule has 3 aromatic heterocycles. The minimum atomic E-state index is -0.210. The normalized spacial score (nSPS) is 12.8. The van der Waals surface area contributed by atoms with Gasteiger partial charge in [-0.2, -0.15) is 0 Å². The number of aromatic nitrogens is 1. The van der Waals surface area contributed by atoms with Gasteiger partial charge in [0.1, 0.15) is 11.2 Å². The lowest BCUT2D eigenvalue weighted by Gasteiger charge is -2.18. The van der Waals surface area contributed by atoms with Gasteiger partial charge in [-0.1, -0.05) is 127 Å². The summed E-state index contributed by atoms with van der Waals surface area (Å²) >= 11 is 0. The SMILES string of the molecule is C=C[C@H](/C(=N\c1oc2ccc#cc2c1C)c1cccc(-n2c3ccccc3c3c4ccccc4c4c5cc6ccccc6cc5oc4c32)c1)c1ccccc1. The van der Waals surface area contributed by atoms with E-state index in [1.54, 1.807) is 0 Å². The molecule has 1 atom stereocenters. The molecule has 8 aromatic carbocycles. The maximum Gasteiger partial charge on any atom is 0.223 e. The summed E-state index contributed by atoms with van der Waals surface area (Å²) in [7, 11) is 0. The van der Waals surface area contributed by atoms with E-state index in [4.69, 9.17) is 13.8 Å². The molecule has 0 aliphatic rings. The Labute approximate surface area is 316 Å². The van der Waals surface area contributed by atoms with Crippen LogP contribution in [0.15, 0.2) is 178 Å². The number of para-hydroxylation sites is 1. The summed E-state index contributed by atoms with van der Waals surface area (Å²) in [6, 6.07) is 59.4. The van der Waals surface area contributed by atoms with E-state index in [-0.39, 0.29) is 5.92 Å². The van der Waals surface area contributed by atoms with Crippen molar-refractivity contribution < 1.29 is 8.83 Å². The van der Waals surface area contributed by atoms with Crippen LogP contribution in [0.2, 0.25) is 0 Å². The molecule has 0 aliphatic heterocycles. The Morgan fingerprint density at radius 1 is 0.691 bits per heavy atom. The van der Waals surface area contributed by atoms with Gasteiger partial charge in [-0.25, -0.2) is 4.99 Å². The molecule has 4 heteroatoms. The van der Waals surface area contributed by atoms with E-state index < -0.39 is 0 Å². The molecule has 3 heterocycles. The first-order valence-corrected chi connectivity index (χ1v) is 18.5. The molecule has 4 nitrogen and oxygen atoms in total. The Balaban J connectivity index is 1.23. The fourth-order valence-corrected chi connectivity index (χ4v) is 8.56. The average Bonchev–Trinajstić information content (AvgIpc) is 3.89. The van der Waals surface area contributed by atoms with Gasteiger partial charge in [0.2, 0.25) is 5.88 Å². The molecule has 0 spiro atoms. The van der Waals surface area contributed by atoms with Crippen LogP contribution in [0.3, 0.4) is 0 Å². The number of hydrogen-bond donors (Lipinski definition) is 0. The maximum absolute atomic E-state index is 7.01. The first-order valence-electron chi connectivity index (χ1n) is 18.5. The number of rotatable bonds is 6. The van der Waals surface area contributed by atoms with Gasteiger partial charge in [0, 0.05) is 38.7 Å². The van der Waals surface area contributed by atoms with Gasteiger partial charge in [0.25, 0.3) is 0 Å². The van der Waals surface area contributed by atoms with E-state index in [2.05, 4.69) is 157 Å². The third-order valence-corrected chi connectivity index (χ3v) is 11.1. The summed E-state index contributed by atoms with van der Waals surface area (Å²) in [4.78, 5) is 5.32. The van der Waals surface area contributed by atoms with Crippen LogP contribution < -0.4 is 0 Å². The molecule has 0 saturated heterocycles. The van der Waals surface area contributed by atoms with Gasteiger partial charge in [-0.3, -0.25) is 0 Å². The minimum absolute atomic E-state index is 0.210. The zero-order chi connectivity index (χ0) is 36.6. The van der Waals surface area contributed by atoms with Crippen molar-refractivity contribution in [3.05, 3.63) is 193 Å². The zero-order valence-electron chi connectivity index (χ0n) is 30.0. The average molecular weight is 705 g/mol. The molecular formula is C51H32N2O2. The fourth-order valence-electron chi connectivity index (χ4n) is 8.56. The lowest BCUT2D eigenvalue weighted by molar-refractivity contribution is 0.623. The largest absolute Gasteiger partial charge is 0.454 e. The Morgan fingerprint density at radius 3 is 2.22 bits per heavy atom. The van der Waals surface area contributed by atoms with Crippen LogP contribution in [-0.4, -0.2) is 10.3 Å². The molecule has 0 radical (unpaired) electrons. The van der Waals surface area contributed by atoms with Gasteiger partial charge < -0.3 is 13.4 Å². The van der Waals surface area contributed by atoms with Crippen LogP contribution in [-0.2, 0) is 0 Å². The Morgan fingerprint density at radius 2 is 1.42 bits per heavy atom. The van der Waals surface area contributed by atoms with Crippen molar-refractivity contribution in [1.82, 2.24) is 4.57 Å². The van der Waals surface area contributed by atoms with Crippen LogP contribution in [0.25, 0.3) is 81.9 Å². The highest BCUT2D eigenvalue weighted by atomic mass is 16.3. The summed E-state index contributed by atoms with van der Waals surface area (Å²) in [6.07, 6.45) is 1.97. The lowest BCUT2D eigenvalue weighted by Crippen LogP contribution is -2.13. The molecule has 11 aromatic rings. The van der Waals surface area contributed by atoms with Crippen LogP contribution in [0.1, 0.15) is 22.6 Å². The molecule has 0 amide bonds. The van der Waals surface area contributed by atoms with Gasteiger partial charge >= 0.3 is 0 Å². The quantitative estimate of drug-likeness (QED) is 0.128. The molecule has 0 fully saturated rings. The molecule has 55 heavy (non-hydrogen) atoms. The number of benzene rings is 7. The van der Waals surface area contributed by atoms with Crippen LogP contribution in [0.4, 0.5) is 5.88 Å². The number of nitrogens with zero attached hydrogens (tertiary/aromatic N) is 2. The van der Waals surface area contributed by atoms with E-state index in [9.17, 15) is 0 Å². The van der Waals surface area contributed by atoms with Crippen LogP contribution >= 0.6 is 0 Å². The first kappa shape index (κ1) is 31.2. The van der Waals surface area contributed by atoms with E-state index in [0.717, 1.165) is 77.4 Å². The van der Waals surface area contributed by atoms with Crippen molar-refractivity contribution in [1.29, 1.82) is 0 Å². The number of fused-ring (bicyclic) bond motifs is 12. The smallest absolute Gasteiger partial charge is 0.223 e. The van der Waals surface area contributed by atoms with Crippen molar-refractivity contribution in [3.8, 4) is 5.69 Å². The minimum Gasteiger partial charge on any atom is -0.454 e. The van der Waals surface area contributed by atoms with Crippen LogP contribution in [0, 0.1) is 19.1 Å². The maximum atomic E-state index is 7.01. The third-order valence-electron chi connectivity index (χ3n) is 11.1. The topological polar surface area (TPSA) is 43.6 Å². The Hall–Kier alpha value is -7.35. The number of hydrogen-bond acceptors (Lipinski definition) is 3. The first-order chi connectivity index (χ1) is 27.2. The van der Waals surface area contributed by atoms with Crippen molar-refractivity contribution in [3.63, 3.8) is 0 Å². The highest BCUT2D eigenvalue weighted by molar-refractivity contribution is 6.35. The fraction of sp³-hybridized carbons (Fsp3) is 0.0392. The molecule has 0 unspecified atom stereocenters. The van der Waals surface area contributed by atoms with Gasteiger partial charge in [-0.15, -0.1) is 6.58 Å². The van der Waals surface area contributed by atoms with Crippen molar-refractivity contribution in [2.75, 3.05) is 0 Å². The summed E-state index contributed by atoms with van der Waals surface area (Å²) in [6.45, 7) is 6.33. The second-order valence-corrected chi connectivity index (χ2v) is 14.2. The second kappa shape index (κ2) is 12.1. The van der Waals surface area contributed by atoms with E-state index in [0.29, 0.717) is 5.88 Å². The number of allylic oxidation sites excluding steroid dienone is 1. The number of aryl methyl sites for hydroxylation is 1. The summed E-state index contributed by atoms with van der Waals surface area (Å²) < 4.78 is 15.7. The van der Waals surface area contributed by atoms with E-state index in [1.165, 1.54) is 26.9 Å². The van der Waals surface area contributed by atoms with E-state index in [1.807, 2.05) is 31.2 Å². The number of aliphatic imine (C=N–C) groups is 1. The molecule has 0 aliphatic carbocycles. The molecule has 258 valence electrons. The van der Waals surface area contributed by atoms with E-state index >= 15 is 0 Å². The zero-order valence-corrected chi connectivity index (χ0v) is 30.0. The van der Waals surface area contributed by atoms with Gasteiger partial charge in [-0.05, 0) is 82.1 Å². The predicted octanol–water partition coefficient (Wildman–Crippen LogP) is 13.7. The summed E-state index contributed by atoms with van der Waals surface area (Å²) in [5.41, 5.74) is 9.42. The molecule has 0 N–H and O–H groups in total. The number of furan rings is 2. The predicted molar refractivity (Wildman–Crippen MR) is 227 cm³/mol. The van der Waals surface area contributed by atoms with Crippen molar-refractivity contribution >= 4 is 87.9 Å². The highest BCUT2D eigenvalue weighted by Crippen LogP contribution is 2.46. The summed E-state index contributed by atoms with van der Waals surface area (Å²) in [5.74, 6) is 0.339. The molecular weight excluding hydrogens is 673 g/mol.